The molecule has 32 heavy (non-hydrogen) atoms. The van der Waals surface area contributed by atoms with Crippen molar-refractivity contribution in [3.8, 4) is 0 Å². The van der Waals surface area contributed by atoms with Gasteiger partial charge in [-0.1, -0.05) is 24.6 Å². The van der Waals surface area contributed by atoms with Crippen LogP contribution in [-0.4, -0.2) is 79.7 Å². The molecule has 6 rings (SSSR count). The van der Waals surface area contributed by atoms with Crippen molar-refractivity contribution in [1.82, 2.24) is 20.9 Å². The van der Waals surface area contributed by atoms with E-state index in [9.17, 15) is 4.79 Å². The van der Waals surface area contributed by atoms with Crippen molar-refractivity contribution >= 4 is 23.4 Å². The van der Waals surface area contributed by atoms with E-state index in [1.54, 1.807) is 7.05 Å². The van der Waals surface area contributed by atoms with E-state index in [2.05, 4.69) is 57.1 Å². The average molecular weight is 458 g/mol. The van der Waals surface area contributed by atoms with Crippen molar-refractivity contribution in [3.05, 3.63) is 29.8 Å². The number of carbonyl (C=O) groups is 1. The summed E-state index contributed by atoms with van der Waals surface area (Å²) in [6.07, 6.45) is 5.35. The monoisotopic (exact) mass is 457 g/mol. The number of epoxide rings is 1. The van der Waals surface area contributed by atoms with Crippen LogP contribution < -0.4 is 20.9 Å². The number of nitrogens with zero attached hydrogens (tertiary/aromatic N) is 2. The quantitative estimate of drug-likeness (QED) is 0.557. The van der Waals surface area contributed by atoms with Gasteiger partial charge in [-0.05, 0) is 37.3 Å². The van der Waals surface area contributed by atoms with Crippen LogP contribution in [0.1, 0.15) is 31.2 Å². The third-order valence-electron chi connectivity index (χ3n) is 8.63. The lowest BCUT2D eigenvalue weighted by molar-refractivity contribution is -0.135. The van der Waals surface area contributed by atoms with Crippen molar-refractivity contribution in [2.75, 3.05) is 45.2 Å². The van der Waals surface area contributed by atoms with Crippen molar-refractivity contribution < 1.29 is 9.53 Å². The molecule has 1 aromatic carbocycles. The van der Waals surface area contributed by atoms with Gasteiger partial charge in [-0.2, -0.15) is 0 Å². The fourth-order valence-corrected chi connectivity index (χ4v) is 7.86. The fraction of sp³-hybridized carbons (Fsp3) is 0.708. The van der Waals surface area contributed by atoms with Crippen LogP contribution in [0.4, 0.5) is 5.69 Å². The average Bonchev–Trinajstić information content (AvgIpc) is 3.37. The predicted octanol–water partition coefficient (Wildman–Crippen LogP) is 1.34. The number of rotatable bonds is 6. The third-order valence-corrected chi connectivity index (χ3v) is 10.0. The number of piperidine rings is 1. The minimum Gasteiger partial charge on any atom is -0.367 e. The first-order valence-corrected chi connectivity index (χ1v) is 13.1. The molecule has 0 bridgehead atoms. The largest absolute Gasteiger partial charge is 0.367 e. The Balaban J connectivity index is 1.08. The molecule has 3 saturated heterocycles. The van der Waals surface area contributed by atoms with Gasteiger partial charge < -0.3 is 15.0 Å². The molecule has 1 saturated carbocycles. The molecule has 1 aromatic rings. The Hall–Kier alpha value is -1.32. The number of fused-ring (bicyclic) bond motifs is 2. The number of likely N-dealkylation sites (tertiary alicyclic amines) is 1. The summed E-state index contributed by atoms with van der Waals surface area (Å²) in [5.41, 5.74) is 2.67. The van der Waals surface area contributed by atoms with Crippen LogP contribution in [0.5, 0.6) is 0 Å². The third kappa shape index (κ3) is 3.29. The molecule has 4 aliphatic heterocycles. The molecule has 8 heteroatoms. The van der Waals surface area contributed by atoms with E-state index in [-0.39, 0.29) is 22.5 Å². The van der Waals surface area contributed by atoms with E-state index < -0.39 is 0 Å². The Morgan fingerprint density at radius 1 is 1.34 bits per heavy atom. The van der Waals surface area contributed by atoms with Crippen molar-refractivity contribution in [2.45, 2.75) is 60.7 Å². The molecule has 5 aliphatic rings. The first-order chi connectivity index (χ1) is 15.5. The lowest BCUT2D eigenvalue weighted by Crippen LogP contribution is -2.59. The maximum atomic E-state index is 12.4. The first kappa shape index (κ1) is 21.2. The van der Waals surface area contributed by atoms with Crippen LogP contribution in [-0.2, 0) is 16.0 Å². The fourth-order valence-electron chi connectivity index (χ4n) is 6.41. The summed E-state index contributed by atoms with van der Waals surface area (Å²) in [5, 5.41) is 10.9. The Labute approximate surface area is 195 Å². The zero-order valence-corrected chi connectivity index (χ0v) is 19.9. The first-order valence-electron chi connectivity index (χ1n) is 12.1. The van der Waals surface area contributed by atoms with E-state index >= 15 is 0 Å². The second-order valence-corrected chi connectivity index (χ2v) is 11.6. The molecule has 0 aromatic heterocycles. The molecular formula is C24H35N5O2S. The number of anilines is 1. The molecule has 7 nitrogen and oxygen atoms in total. The Bertz CT molecular complexity index is 889. The number of nitrogens with one attached hydrogen (secondary N) is 3. The molecule has 3 N–H and O–H groups in total. The number of ether oxygens (including phenoxy) is 1. The van der Waals surface area contributed by atoms with Gasteiger partial charge in [0.05, 0.1) is 18.1 Å². The summed E-state index contributed by atoms with van der Waals surface area (Å²) in [7, 11) is 3.98. The van der Waals surface area contributed by atoms with Crippen molar-refractivity contribution in [2.24, 2.45) is 5.41 Å². The van der Waals surface area contributed by atoms with E-state index in [1.807, 2.05) is 11.8 Å². The summed E-state index contributed by atoms with van der Waals surface area (Å²) in [6.45, 7) is 3.73. The van der Waals surface area contributed by atoms with Crippen molar-refractivity contribution in [3.63, 3.8) is 0 Å². The SMILES string of the molecule is CNC(=O)C1(CNC2NC3CCN(C4(C5Cc6ccccc6N5C)CO4)CC3S2)CCC1. The standard InChI is InChI=1S/C24H35N5O2S/c1-25-21(30)23(9-5-10-23)14-26-22-27-17-8-11-29(13-19(17)32-22)24(15-31-24)20-12-16-6-3-4-7-18(16)28(20)2/h3-4,6-7,17,19-20,22,26-27H,5,8-15H2,1-2H3,(H,25,30). The minimum atomic E-state index is -0.204. The predicted molar refractivity (Wildman–Crippen MR) is 128 cm³/mol. The number of thioether (sulfide) groups is 1. The Kier molecular flexibility index (Phi) is 5.22. The van der Waals surface area contributed by atoms with Gasteiger partial charge in [-0.3, -0.25) is 20.3 Å². The molecule has 1 aliphatic carbocycles. The van der Waals surface area contributed by atoms with Gasteiger partial charge in [0, 0.05) is 50.7 Å². The summed E-state index contributed by atoms with van der Waals surface area (Å²) >= 11 is 2.00. The van der Waals surface area contributed by atoms with Crippen LogP contribution in [0.25, 0.3) is 0 Å². The van der Waals surface area contributed by atoms with Gasteiger partial charge in [0.2, 0.25) is 5.91 Å². The van der Waals surface area contributed by atoms with E-state index in [4.69, 9.17) is 4.74 Å². The van der Waals surface area contributed by atoms with Crippen LogP contribution in [0, 0.1) is 5.41 Å². The summed E-state index contributed by atoms with van der Waals surface area (Å²) in [5.74, 6) is 0.192. The van der Waals surface area contributed by atoms with Crippen molar-refractivity contribution in [1.29, 1.82) is 0 Å². The highest BCUT2D eigenvalue weighted by Crippen LogP contribution is 2.47. The normalized spacial score (nSPS) is 37.5. The molecular weight excluding hydrogens is 422 g/mol. The molecule has 1 amide bonds. The molecule has 0 spiro atoms. The summed E-state index contributed by atoms with van der Waals surface area (Å²) in [4.78, 5) is 17.4. The van der Waals surface area contributed by atoms with Crippen LogP contribution in [0.2, 0.25) is 0 Å². The molecule has 0 radical (unpaired) electrons. The van der Waals surface area contributed by atoms with Gasteiger partial charge >= 0.3 is 0 Å². The van der Waals surface area contributed by atoms with Crippen LogP contribution in [0.3, 0.4) is 0 Å². The second kappa shape index (κ2) is 7.87. The topological polar surface area (TPSA) is 72.2 Å². The number of likely N-dealkylation sites (N-methyl/N-ethyl adjacent to an activating group) is 1. The second-order valence-electron chi connectivity index (χ2n) is 10.2. The van der Waals surface area contributed by atoms with Crippen LogP contribution in [0.15, 0.2) is 24.3 Å². The van der Waals surface area contributed by atoms with E-state index in [0.29, 0.717) is 17.3 Å². The number of carbonyl (C=O) groups excluding carboxylic acids is 1. The van der Waals surface area contributed by atoms with Gasteiger partial charge in [0.15, 0.2) is 5.72 Å². The molecule has 5 atom stereocenters. The van der Waals surface area contributed by atoms with E-state index in [1.165, 1.54) is 11.3 Å². The van der Waals surface area contributed by atoms with E-state index in [0.717, 1.165) is 58.3 Å². The zero-order chi connectivity index (χ0) is 21.9. The number of amides is 1. The maximum Gasteiger partial charge on any atom is 0.227 e. The number of hydrogen-bond acceptors (Lipinski definition) is 7. The highest BCUT2D eigenvalue weighted by Gasteiger charge is 2.60. The molecule has 174 valence electrons. The van der Waals surface area contributed by atoms with Gasteiger partial charge in [0.25, 0.3) is 0 Å². The minimum absolute atomic E-state index is 0.139. The molecule has 4 fully saturated rings. The lowest BCUT2D eigenvalue weighted by Gasteiger charge is -2.42. The Morgan fingerprint density at radius 2 is 2.16 bits per heavy atom. The summed E-state index contributed by atoms with van der Waals surface area (Å²) < 4.78 is 6.24. The smallest absolute Gasteiger partial charge is 0.227 e. The number of benzene rings is 1. The molecule has 4 heterocycles. The van der Waals surface area contributed by atoms with Gasteiger partial charge in [0.1, 0.15) is 5.50 Å². The highest BCUT2D eigenvalue weighted by molar-refractivity contribution is 8.00. The van der Waals surface area contributed by atoms with Gasteiger partial charge in [-0.25, -0.2) is 0 Å². The zero-order valence-electron chi connectivity index (χ0n) is 19.1. The maximum absolute atomic E-state index is 12.4. The molecule has 5 unspecified atom stereocenters. The number of hydrogen-bond donors (Lipinski definition) is 3. The number of para-hydroxylation sites is 1. The van der Waals surface area contributed by atoms with Crippen LogP contribution >= 0.6 is 11.8 Å². The highest BCUT2D eigenvalue weighted by atomic mass is 32.2. The summed E-state index contributed by atoms with van der Waals surface area (Å²) in [6, 6.07) is 9.69. The lowest BCUT2D eigenvalue weighted by atomic mass is 9.68. The van der Waals surface area contributed by atoms with Gasteiger partial charge in [-0.15, -0.1) is 11.8 Å². The Morgan fingerprint density at radius 3 is 2.84 bits per heavy atom.